The van der Waals surface area contributed by atoms with Crippen LogP contribution in [0.3, 0.4) is 0 Å². The second-order valence-electron chi connectivity index (χ2n) is 6.76. The Labute approximate surface area is 171 Å². The van der Waals surface area contributed by atoms with Crippen LogP contribution in [-0.4, -0.2) is 7.11 Å². The maximum absolute atomic E-state index is 13.9. The fourth-order valence-corrected chi connectivity index (χ4v) is 3.35. The van der Waals surface area contributed by atoms with E-state index in [0.717, 1.165) is 12.1 Å². The summed E-state index contributed by atoms with van der Waals surface area (Å²) in [6.07, 6.45) is -6.54. The molecule has 0 N–H and O–H groups in total. The molecule has 0 aromatic heterocycles. The molecule has 6 heteroatoms. The molecular weight excluding hydrogens is 399 g/mol. The molecule has 0 fully saturated rings. The van der Waals surface area contributed by atoms with E-state index < -0.39 is 23.7 Å². The summed E-state index contributed by atoms with van der Waals surface area (Å²) in [5.74, 6) is -0.151. The van der Waals surface area contributed by atoms with Crippen LogP contribution in [0.1, 0.15) is 34.6 Å². The number of methoxy groups -OCH3 is 1. The lowest BCUT2D eigenvalue weighted by Crippen LogP contribution is -2.08. The Morgan fingerprint density at radius 1 is 0.833 bits per heavy atom. The quantitative estimate of drug-likeness (QED) is 0.376. The molecule has 0 radical (unpaired) electrons. The van der Waals surface area contributed by atoms with Gasteiger partial charge in [-0.2, -0.15) is 22.0 Å². The van der Waals surface area contributed by atoms with Gasteiger partial charge in [-0.3, -0.25) is 0 Å². The summed E-state index contributed by atoms with van der Waals surface area (Å²) in [5, 5.41) is 0. The van der Waals surface area contributed by atoms with Crippen LogP contribution in [0.25, 0.3) is 5.57 Å². The number of halogens is 5. The molecular formula is C24H19F5O. The summed E-state index contributed by atoms with van der Waals surface area (Å²) in [5.41, 5.74) is 0.247. The van der Waals surface area contributed by atoms with Gasteiger partial charge in [-0.1, -0.05) is 60.7 Å². The molecule has 0 heterocycles. The maximum Gasteiger partial charge on any atom is 0.416 e. The van der Waals surface area contributed by atoms with Crippen molar-refractivity contribution in [3.05, 3.63) is 107 Å². The summed E-state index contributed by atoms with van der Waals surface area (Å²) in [7, 11) is 1.47. The summed E-state index contributed by atoms with van der Waals surface area (Å²) in [6, 6.07) is 19.7. The fraction of sp³-hybridized carbons (Fsp3) is 0.167. The Kier molecular flexibility index (Phi) is 6.55. The van der Waals surface area contributed by atoms with Crippen molar-refractivity contribution in [1.82, 2.24) is 0 Å². The molecule has 1 atom stereocenters. The van der Waals surface area contributed by atoms with E-state index in [9.17, 15) is 22.0 Å². The van der Waals surface area contributed by atoms with Crippen LogP contribution in [0.4, 0.5) is 22.0 Å². The van der Waals surface area contributed by atoms with Crippen molar-refractivity contribution in [2.45, 2.75) is 18.5 Å². The second kappa shape index (κ2) is 9.11. The van der Waals surface area contributed by atoms with E-state index in [1.54, 1.807) is 42.5 Å². The van der Waals surface area contributed by atoms with Crippen LogP contribution in [0.2, 0.25) is 0 Å². The lowest BCUT2D eigenvalue weighted by Gasteiger charge is -2.21. The zero-order valence-electron chi connectivity index (χ0n) is 16.1. The number of benzene rings is 3. The van der Waals surface area contributed by atoms with Crippen molar-refractivity contribution < 1.29 is 26.7 Å². The number of rotatable bonds is 6. The van der Waals surface area contributed by atoms with Crippen LogP contribution in [0.5, 0.6) is 5.75 Å². The smallest absolute Gasteiger partial charge is 0.416 e. The highest BCUT2D eigenvalue weighted by Gasteiger charge is 2.31. The predicted octanol–water partition coefficient (Wildman–Crippen LogP) is 7.54. The summed E-state index contributed by atoms with van der Waals surface area (Å²) in [6.45, 7) is 0. The molecule has 0 aliphatic rings. The topological polar surface area (TPSA) is 9.23 Å². The van der Waals surface area contributed by atoms with Crippen LogP contribution >= 0.6 is 0 Å². The molecule has 0 saturated carbocycles. The van der Waals surface area contributed by atoms with Gasteiger partial charge in [-0.25, -0.2) is 0 Å². The number of alkyl halides is 3. The van der Waals surface area contributed by atoms with Crippen molar-refractivity contribution in [3.8, 4) is 5.75 Å². The first-order chi connectivity index (χ1) is 14.3. The van der Waals surface area contributed by atoms with E-state index in [1.807, 2.05) is 0 Å². The lowest BCUT2D eigenvalue weighted by molar-refractivity contribution is -0.137. The van der Waals surface area contributed by atoms with Gasteiger partial charge in [-0.05, 0) is 41.3 Å². The molecule has 0 amide bonds. The number of hydrogen-bond donors (Lipinski definition) is 0. The molecule has 0 saturated heterocycles. The van der Waals surface area contributed by atoms with Gasteiger partial charge >= 0.3 is 6.18 Å². The minimum absolute atomic E-state index is 0.153. The molecule has 3 aromatic rings. The van der Waals surface area contributed by atoms with E-state index in [2.05, 4.69) is 0 Å². The monoisotopic (exact) mass is 418 g/mol. The Balaban J connectivity index is 2.06. The van der Waals surface area contributed by atoms with E-state index in [1.165, 1.54) is 31.4 Å². The van der Waals surface area contributed by atoms with Gasteiger partial charge in [0.2, 0.25) is 0 Å². The molecule has 0 aliphatic heterocycles. The number of ether oxygens (including phenoxy) is 1. The lowest BCUT2D eigenvalue weighted by atomic mass is 9.83. The van der Waals surface area contributed by atoms with Gasteiger partial charge in [0.25, 0.3) is 6.08 Å². The molecule has 1 unspecified atom stereocenters. The highest BCUT2D eigenvalue weighted by molar-refractivity contribution is 5.68. The first kappa shape index (κ1) is 21.6. The summed E-state index contributed by atoms with van der Waals surface area (Å²) in [4.78, 5) is 0. The SMILES string of the molecule is COc1ccc(C(CC(c2ccccc2)c2cccc(C(F)(F)F)c2)=C(F)F)cc1. The summed E-state index contributed by atoms with van der Waals surface area (Å²) < 4.78 is 72.5. The Morgan fingerprint density at radius 3 is 2.03 bits per heavy atom. The second-order valence-corrected chi connectivity index (χ2v) is 6.76. The van der Waals surface area contributed by atoms with E-state index in [4.69, 9.17) is 4.74 Å². The first-order valence-electron chi connectivity index (χ1n) is 9.20. The van der Waals surface area contributed by atoms with E-state index in [-0.39, 0.29) is 12.0 Å². The Morgan fingerprint density at radius 2 is 1.47 bits per heavy atom. The Hall–Kier alpha value is -3.15. The molecule has 156 valence electrons. The van der Waals surface area contributed by atoms with Gasteiger partial charge in [0, 0.05) is 11.5 Å². The van der Waals surface area contributed by atoms with Gasteiger partial charge in [0.15, 0.2) is 0 Å². The molecule has 30 heavy (non-hydrogen) atoms. The third-order valence-electron chi connectivity index (χ3n) is 4.89. The molecule has 3 rings (SSSR count). The fourth-order valence-electron chi connectivity index (χ4n) is 3.35. The molecule has 0 aliphatic carbocycles. The largest absolute Gasteiger partial charge is 0.497 e. The zero-order valence-corrected chi connectivity index (χ0v) is 16.1. The van der Waals surface area contributed by atoms with Crippen LogP contribution in [0, 0.1) is 0 Å². The van der Waals surface area contributed by atoms with Crippen LogP contribution < -0.4 is 4.74 Å². The van der Waals surface area contributed by atoms with Crippen LogP contribution in [0.15, 0.2) is 84.9 Å². The zero-order chi connectivity index (χ0) is 21.7. The van der Waals surface area contributed by atoms with Gasteiger partial charge in [0.05, 0.1) is 12.7 Å². The molecule has 0 bridgehead atoms. The van der Waals surface area contributed by atoms with Gasteiger partial charge in [-0.15, -0.1) is 0 Å². The first-order valence-corrected chi connectivity index (χ1v) is 9.20. The van der Waals surface area contributed by atoms with E-state index in [0.29, 0.717) is 22.4 Å². The predicted molar refractivity (Wildman–Crippen MR) is 106 cm³/mol. The standard InChI is InChI=1S/C24H19F5O/c1-30-20-12-10-17(11-13-20)22(23(25)26)15-21(16-6-3-2-4-7-16)18-8-5-9-19(14-18)24(27,28)29/h2-14,21H,15H2,1H3. The van der Waals surface area contributed by atoms with Crippen LogP contribution in [-0.2, 0) is 6.18 Å². The van der Waals surface area contributed by atoms with E-state index >= 15 is 0 Å². The highest BCUT2D eigenvalue weighted by atomic mass is 19.4. The van der Waals surface area contributed by atoms with Crippen molar-refractivity contribution in [1.29, 1.82) is 0 Å². The molecule has 0 spiro atoms. The van der Waals surface area contributed by atoms with Crippen molar-refractivity contribution in [2.24, 2.45) is 0 Å². The summed E-state index contributed by atoms with van der Waals surface area (Å²) >= 11 is 0. The van der Waals surface area contributed by atoms with Gasteiger partial charge < -0.3 is 4.74 Å². The third kappa shape index (κ3) is 5.06. The average Bonchev–Trinajstić information content (AvgIpc) is 2.74. The maximum atomic E-state index is 13.9. The minimum Gasteiger partial charge on any atom is -0.497 e. The number of allylic oxidation sites excluding steroid dienone is 1. The minimum atomic E-state index is -4.52. The highest BCUT2D eigenvalue weighted by Crippen LogP contribution is 2.39. The average molecular weight is 418 g/mol. The molecule has 1 nitrogen and oxygen atoms in total. The third-order valence-corrected chi connectivity index (χ3v) is 4.89. The van der Waals surface area contributed by atoms with Crippen molar-refractivity contribution >= 4 is 5.57 Å². The normalized spacial score (nSPS) is 12.3. The molecule has 3 aromatic carbocycles. The van der Waals surface area contributed by atoms with Crippen molar-refractivity contribution in [3.63, 3.8) is 0 Å². The Bertz CT molecular complexity index is 1000. The number of hydrogen-bond acceptors (Lipinski definition) is 1. The van der Waals surface area contributed by atoms with Gasteiger partial charge in [0.1, 0.15) is 5.75 Å². The van der Waals surface area contributed by atoms with Crippen molar-refractivity contribution in [2.75, 3.05) is 7.11 Å².